The van der Waals surface area contributed by atoms with Gasteiger partial charge in [0.2, 0.25) is 5.89 Å². The molecule has 4 atom stereocenters. The molecular weight excluding hydrogens is 254 g/mol. The maximum Gasteiger partial charge on any atom is 0.226 e. The molecular formula is C15H25N3O2. The van der Waals surface area contributed by atoms with Crippen molar-refractivity contribution in [1.29, 1.82) is 0 Å². The Hall–Kier alpha value is -0.940. The van der Waals surface area contributed by atoms with Crippen molar-refractivity contribution < 1.29 is 9.26 Å². The fourth-order valence-corrected chi connectivity index (χ4v) is 3.72. The first-order valence-corrected chi connectivity index (χ1v) is 7.81. The van der Waals surface area contributed by atoms with Crippen LogP contribution in [0, 0.1) is 17.8 Å². The molecule has 0 aromatic carbocycles. The highest BCUT2D eigenvalue weighted by atomic mass is 16.5. The zero-order valence-corrected chi connectivity index (χ0v) is 12.4. The first-order chi connectivity index (χ1) is 9.61. The normalized spacial score (nSPS) is 30.3. The first-order valence-electron chi connectivity index (χ1n) is 7.81. The minimum Gasteiger partial charge on any atom is -0.377 e. The molecule has 2 N–H and O–H groups in total. The Morgan fingerprint density at radius 1 is 1.35 bits per heavy atom. The number of fused-ring (bicyclic) bond motifs is 2. The molecule has 5 nitrogen and oxygen atoms in total. The molecule has 1 heterocycles. The number of nitrogens with zero attached hydrogens (tertiary/aromatic N) is 2. The predicted octanol–water partition coefficient (Wildman–Crippen LogP) is 2.47. The summed E-state index contributed by atoms with van der Waals surface area (Å²) in [4.78, 5) is 4.45. The van der Waals surface area contributed by atoms with Crippen molar-refractivity contribution in [3.8, 4) is 0 Å². The Bertz CT molecular complexity index is 446. The van der Waals surface area contributed by atoms with E-state index in [1.807, 2.05) is 13.8 Å². The van der Waals surface area contributed by atoms with E-state index in [0.717, 1.165) is 30.1 Å². The maximum atomic E-state index is 6.02. The standard InChI is InChI=1S/C15H25N3O2/c1-9(2)19-8-13(16)15-17-14(20-18-15)7-12-6-10-3-4-11(12)5-10/h9-13H,3-8,16H2,1-2H3. The number of rotatable bonds is 6. The van der Waals surface area contributed by atoms with E-state index in [-0.39, 0.29) is 12.1 Å². The van der Waals surface area contributed by atoms with Crippen LogP contribution < -0.4 is 5.73 Å². The van der Waals surface area contributed by atoms with Gasteiger partial charge in [0.25, 0.3) is 0 Å². The number of aromatic nitrogens is 2. The topological polar surface area (TPSA) is 74.2 Å². The van der Waals surface area contributed by atoms with Gasteiger partial charge in [0.15, 0.2) is 5.82 Å². The third-order valence-electron chi connectivity index (χ3n) is 4.75. The summed E-state index contributed by atoms with van der Waals surface area (Å²) in [7, 11) is 0. The molecule has 2 aliphatic rings. The van der Waals surface area contributed by atoms with E-state index >= 15 is 0 Å². The van der Waals surface area contributed by atoms with Gasteiger partial charge in [0.1, 0.15) is 0 Å². The van der Waals surface area contributed by atoms with Crippen molar-refractivity contribution in [3.05, 3.63) is 11.7 Å². The second-order valence-electron chi connectivity index (χ2n) is 6.67. The van der Waals surface area contributed by atoms with E-state index in [4.69, 9.17) is 15.0 Å². The minimum atomic E-state index is -0.296. The van der Waals surface area contributed by atoms with Crippen LogP contribution in [-0.4, -0.2) is 22.9 Å². The molecule has 4 unspecified atom stereocenters. The lowest BCUT2D eigenvalue weighted by Crippen LogP contribution is -2.21. The van der Waals surface area contributed by atoms with Gasteiger partial charge in [0, 0.05) is 6.42 Å². The smallest absolute Gasteiger partial charge is 0.226 e. The Kier molecular flexibility index (Phi) is 4.08. The fraction of sp³-hybridized carbons (Fsp3) is 0.867. The Labute approximate surface area is 120 Å². The molecule has 3 rings (SSSR count). The van der Waals surface area contributed by atoms with Crippen molar-refractivity contribution >= 4 is 0 Å². The van der Waals surface area contributed by atoms with Crippen LogP contribution in [0.3, 0.4) is 0 Å². The predicted molar refractivity (Wildman–Crippen MR) is 75.0 cm³/mol. The molecule has 0 saturated heterocycles. The molecule has 1 aromatic rings. The lowest BCUT2D eigenvalue weighted by atomic mass is 9.86. The SMILES string of the molecule is CC(C)OCC(N)c1noc(CC2CC3CCC2C3)n1. The molecule has 2 saturated carbocycles. The summed E-state index contributed by atoms with van der Waals surface area (Å²) in [6.45, 7) is 4.41. The van der Waals surface area contributed by atoms with Gasteiger partial charge in [-0.3, -0.25) is 0 Å². The number of nitrogens with two attached hydrogens (primary N) is 1. The molecule has 2 bridgehead atoms. The lowest BCUT2D eigenvalue weighted by Gasteiger charge is -2.19. The molecule has 0 aliphatic heterocycles. The second-order valence-corrected chi connectivity index (χ2v) is 6.67. The fourth-order valence-electron chi connectivity index (χ4n) is 3.72. The van der Waals surface area contributed by atoms with Gasteiger partial charge in [-0.05, 0) is 50.9 Å². The van der Waals surface area contributed by atoms with Gasteiger partial charge >= 0.3 is 0 Å². The van der Waals surface area contributed by atoms with Crippen molar-refractivity contribution in [2.75, 3.05) is 6.61 Å². The average molecular weight is 279 g/mol. The van der Waals surface area contributed by atoms with Gasteiger partial charge in [-0.1, -0.05) is 11.6 Å². The van der Waals surface area contributed by atoms with Gasteiger partial charge in [-0.15, -0.1) is 0 Å². The summed E-state index contributed by atoms with van der Waals surface area (Å²) in [5, 5.41) is 4.01. The van der Waals surface area contributed by atoms with Gasteiger partial charge in [-0.2, -0.15) is 4.98 Å². The van der Waals surface area contributed by atoms with Crippen LogP contribution in [-0.2, 0) is 11.2 Å². The zero-order valence-electron chi connectivity index (χ0n) is 12.4. The van der Waals surface area contributed by atoms with Gasteiger partial charge in [-0.25, -0.2) is 0 Å². The largest absolute Gasteiger partial charge is 0.377 e. The Morgan fingerprint density at radius 3 is 2.85 bits per heavy atom. The van der Waals surface area contributed by atoms with Crippen molar-refractivity contribution in [3.63, 3.8) is 0 Å². The van der Waals surface area contributed by atoms with Crippen molar-refractivity contribution in [1.82, 2.24) is 10.1 Å². The van der Waals surface area contributed by atoms with Crippen LogP contribution >= 0.6 is 0 Å². The third kappa shape index (κ3) is 3.04. The average Bonchev–Trinajstić information content (AvgIpc) is 3.11. The summed E-state index contributed by atoms with van der Waals surface area (Å²) >= 11 is 0. The van der Waals surface area contributed by atoms with E-state index in [1.54, 1.807) is 0 Å². The zero-order chi connectivity index (χ0) is 14.1. The van der Waals surface area contributed by atoms with Crippen LogP contribution in [0.5, 0.6) is 0 Å². The summed E-state index contributed by atoms with van der Waals surface area (Å²) in [5.74, 6) is 3.90. The van der Waals surface area contributed by atoms with Crippen LogP contribution in [0.1, 0.15) is 57.3 Å². The van der Waals surface area contributed by atoms with Crippen molar-refractivity contribution in [2.24, 2.45) is 23.5 Å². The van der Waals surface area contributed by atoms with E-state index in [1.165, 1.54) is 25.7 Å². The van der Waals surface area contributed by atoms with Crippen LogP contribution in [0.15, 0.2) is 4.52 Å². The summed E-state index contributed by atoms with van der Waals surface area (Å²) in [5.41, 5.74) is 6.02. The van der Waals surface area contributed by atoms with E-state index in [2.05, 4.69) is 10.1 Å². The molecule has 2 aliphatic carbocycles. The Balaban J connectivity index is 1.54. The van der Waals surface area contributed by atoms with Crippen LogP contribution in [0.4, 0.5) is 0 Å². The Morgan fingerprint density at radius 2 is 2.20 bits per heavy atom. The van der Waals surface area contributed by atoms with Crippen LogP contribution in [0.2, 0.25) is 0 Å². The van der Waals surface area contributed by atoms with Gasteiger partial charge in [0.05, 0.1) is 18.8 Å². The first kappa shape index (κ1) is 14.0. The second kappa shape index (κ2) is 5.82. The lowest BCUT2D eigenvalue weighted by molar-refractivity contribution is 0.0665. The van der Waals surface area contributed by atoms with E-state index < -0.39 is 0 Å². The third-order valence-corrected chi connectivity index (χ3v) is 4.75. The highest BCUT2D eigenvalue weighted by Crippen LogP contribution is 2.49. The summed E-state index contributed by atoms with van der Waals surface area (Å²) in [6.07, 6.45) is 6.65. The highest BCUT2D eigenvalue weighted by molar-refractivity contribution is 4.98. The molecule has 5 heteroatoms. The maximum absolute atomic E-state index is 6.02. The summed E-state index contributed by atoms with van der Waals surface area (Å²) < 4.78 is 10.9. The molecule has 2 fully saturated rings. The van der Waals surface area contributed by atoms with Crippen LogP contribution in [0.25, 0.3) is 0 Å². The van der Waals surface area contributed by atoms with E-state index in [0.29, 0.717) is 12.4 Å². The molecule has 0 radical (unpaired) electrons. The van der Waals surface area contributed by atoms with Gasteiger partial charge < -0.3 is 15.0 Å². The summed E-state index contributed by atoms with van der Waals surface area (Å²) in [6, 6.07) is -0.296. The molecule has 112 valence electrons. The number of ether oxygens (including phenoxy) is 1. The highest BCUT2D eigenvalue weighted by Gasteiger charge is 2.40. The number of hydrogen-bond donors (Lipinski definition) is 1. The minimum absolute atomic E-state index is 0.168. The van der Waals surface area contributed by atoms with E-state index in [9.17, 15) is 0 Å². The molecule has 1 aromatic heterocycles. The molecule has 0 amide bonds. The number of hydrogen-bond acceptors (Lipinski definition) is 5. The monoisotopic (exact) mass is 279 g/mol. The van der Waals surface area contributed by atoms with Crippen molar-refractivity contribution in [2.45, 2.75) is 58.1 Å². The quantitative estimate of drug-likeness (QED) is 0.866. The molecule has 20 heavy (non-hydrogen) atoms. The molecule has 0 spiro atoms.